The summed E-state index contributed by atoms with van der Waals surface area (Å²) in [7, 11) is 0. The zero-order chi connectivity index (χ0) is 10.8. The Kier molecular flexibility index (Phi) is 3.10. The van der Waals surface area contributed by atoms with Gasteiger partial charge in [0.25, 0.3) is 0 Å². The van der Waals surface area contributed by atoms with E-state index >= 15 is 0 Å². The first-order valence-corrected chi connectivity index (χ1v) is 4.24. The van der Waals surface area contributed by atoms with Crippen LogP contribution in [0.1, 0.15) is 30.6 Å². The van der Waals surface area contributed by atoms with E-state index < -0.39 is 17.8 Å². The standard InChI is InChI=1S/C9H11F3N2/c1-2-7(13)8-5-6(3-4-14-8)9(10,11)12/h3-5,7H,2,13H2,1H3/t7-/m1/s1. The molecule has 0 radical (unpaired) electrons. The van der Waals surface area contributed by atoms with Crippen LogP contribution in [0.15, 0.2) is 18.3 Å². The molecule has 2 nitrogen and oxygen atoms in total. The van der Waals surface area contributed by atoms with Crippen LogP contribution in [-0.2, 0) is 6.18 Å². The molecule has 0 aliphatic heterocycles. The van der Waals surface area contributed by atoms with Crippen molar-refractivity contribution in [1.82, 2.24) is 4.98 Å². The van der Waals surface area contributed by atoms with Crippen LogP contribution in [0.5, 0.6) is 0 Å². The normalized spacial score (nSPS) is 14.1. The fraction of sp³-hybridized carbons (Fsp3) is 0.444. The number of nitrogens with zero attached hydrogens (tertiary/aromatic N) is 1. The highest BCUT2D eigenvalue weighted by Crippen LogP contribution is 2.29. The van der Waals surface area contributed by atoms with E-state index in [9.17, 15) is 13.2 Å². The lowest BCUT2D eigenvalue weighted by Gasteiger charge is -2.11. The maximum absolute atomic E-state index is 12.3. The Morgan fingerprint density at radius 1 is 1.50 bits per heavy atom. The largest absolute Gasteiger partial charge is 0.416 e. The first-order valence-electron chi connectivity index (χ1n) is 4.24. The second kappa shape index (κ2) is 3.96. The molecule has 1 heterocycles. The fourth-order valence-corrected chi connectivity index (χ4v) is 1.04. The minimum atomic E-state index is -4.33. The summed E-state index contributed by atoms with van der Waals surface area (Å²) in [5.41, 5.74) is 5.15. The summed E-state index contributed by atoms with van der Waals surface area (Å²) in [6, 6.07) is 1.50. The van der Waals surface area contributed by atoms with Gasteiger partial charge in [0.1, 0.15) is 0 Å². The zero-order valence-corrected chi connectivity index (χ0v) is 7.67. The predicted octanol–water partition coefficient (Wildman–Crippen LogP) is 2.51. The van der Waals surface area contributed by atoms with Gasteiger partial charge in [-0.05, 0) is 18.6 Å². The van der Waals surface area contributed by atoms with Gasteiger partial charge >= 0.3 is 6.18 Å². The minimum Gasteiger partial charge on any atom is -0.323 e. The van der Waals surface area contributed by atoms with E-state index in [1.807, 2.05) is 0 Å². The van der Waals surface area contributed by atoms with Gasteiger partial charge in [0.15, 0.2) is 0 Å². The Balaban J connectivity index is 3.01. The van der Waals surface area contributed by atoms with Crippen LogP contribution in [0.3, 0.4) is 0 Å². The van der Waals surface area contributed by atoms with Gasteiger partial charge in [0.05, 0.1) is 11.3 Å². The third-order valence-corrected chi connectivity index (χ3v) is 1.93. The van der Waals surface area contributed by atoms with Crippen molar-refractivity contribution < 1.29 is 13.2 Å². The molecule has 0 aliphatic rings. The van der Waals surface area contributed by atoms with Crippen molar-refractivity contribution >= 4 is 0 Å². The lowest BCUT2D eigenvalue weighted by Crippen LogP contribution is -2.13. The van der Waals surface area contributed by atoms with Gasteiger partial charge in [-0.3, -0.25) is 4.98 Å². The first-order chi connectivity index (χ1) is 6.45. The number of pyridine rings is 1. The van der Waals surface area contributed by atoms with Gasteiger partial charge in [-0.15, -0.1) is 0 Å². The van der Waals surface area contributed by atoms with Gasteiger partial charge < -0.3 is 5.73 Å². The summed E-state index contributed by atoms with van der Waals surface area (Å²) in [4.78, 5) is 3.80. The number of rotatable bonds is 2. The number of halogens is 3. The Bertz CT molecular complexity index is 309. The third kappa shape index (κ3) is 2.45. The molecule has 0 spiro atoms. The van der Waals surface area contributed by atoms with Crippen molar-refractivity contribution in [2.75, 3.05) is 0 Å². The summed E-state index contributed by atoms with van der Waals surface area (Å²) in [5, 5.41) is 0. The highest BCUT2D eigenvalue weighted by molar-refractivity contribution is 5.21. The number of nitrogens with two attached hydrogens (primary N) is 1. The van der Waals surface area contributed by atoms with Crippen LogP contribution in [0.2, 0.25) is 0 Å². The Morgan fingerprint density at radius 2 is 2.14 bits per heavy atom. The Labute approximate surface area is 79.9 Å². The van der Waals surface area contributed by atoms with E-state index in [-0.39, 0.29) is 5.69 Å². The average Bonchev–Trinajstić information content (AvgIpc) is 2.15. The van der Waals surface area contributed by atoms with E-state index in [0.29, 0.717) is 6.42 Å². The van der Waals surface area contributed by atoms with E-state index in [1.165, 1.54) is 0 Å². The van der Waals surface area contributed by atoms with Gasteiger partial charge in [-0.2, -0.15) is 13.2 Å². The molecule has 0 amide bonds. The van der Waals surface area contributed by atoms with Crippen LogP contribution in [0.4, 0.5) is 13.2 Å². The van der Waals surface area contributed by atoms with E-state index in [4.69, 9.17) is 5.73 Å². The van der Waals surface area contributed by atoms with Crippen LogP contribution in [-0.4, -0.2) is 4.98 Å². The molecule has 2 N–H and O–H groups in total. The average molecular weight is 204 g/mol. The lowest BCUT2D eigenvalue weighted by atomic mass is 10.1. The molecule has 14 heavy (non-hydrogen) atoms. The molecule has 1 rings (SSSR count). The molecule has 0 bridgehead atoms. The molecule has 0 aromatic carbocycles. The molecule has 0 fully saturated rings. The Morgan fingerprint density at radius 3 is 2.64 bits per heavy atom. The molecule has 0 unspecified atom stereocenters. The summed E-state index contributed by atoms with van der Waals surface area (Å²) in [6.45, 7) is 1.80. The van der Waals surface area contributed by atoms with Crippen LogP contribution < -0.4 is 5.73 Å². The molecule has 0 aliphatic carbocycles. The molecule has 1 atom stereocenters. The van der Waals surface area contributed by atoms with Crippen molar-refractivity contribution in [3.63, 3.8) is 0 Å². The summed E-state index contributed by atoms with van der Waals surface area (Å²) in [5.74, 6) is 0. The van der Waals surface area contributed by atoms with Crippen molar-refractivity contribution in [2.45, 2.75) is 25.6 Å². The number of hydrogen-bond donors (Lipinski definition) is 1. The van der Waals surface area contributed by atoms with Crippen molar-refractivity contribution in [3.8, 4) is 0 Å². The molecular formula is C9H11F3N2. The zero-order valence-electron chi connectivity index (χ0n) is 7.67. The van der Waals surface area contributed by atoms with E-state index in [0.717, 1.165) is 18.3 Å². The van der Waals surface area contributed by atoms with Crippen LogP contribution >= 0.6 is 0 Å². The molecule has 1 aromatic rings. The maximum Gasteiger partial charge on any atom is 0.416 e. The topological polar surface area (TPSA) is 38.9 Å². The summed E-state index contributed by atoms with van der Waals surface area (Å²) < 4.78 is 36.8. The molecule has 78 valence electrons. The maximum atomic E-state index is 12.3. The number of hydrogen-bond acceptors (Lipinski definition) is 2. The molecule has 0 saturated heterocycles. The molecule has 0 saturated carbocycles. The lowest BCUT2D eigenvalue weighted by molar-refractivity contribution is -0.137. The number of alkyl halides is 3. The Hall–Kier alpha value is -1.10. The second-order valence-electron chi connectivity index (χ2n) is 2.98. The SMILES string of the molecule is CC[C@@H](N)c1cc(C(F)(F)F)ccn1. The second-order valence-corrected chi connectivity index (χ2v) is 2.98. The highest BCUT2D eigenvalue weighted by Gasteiger charge is 2.30. The van der Waals surface area contributed by atoms with Gasteiger partial charge in [0, 0.05) is 12.2 Å². The monoisotopic (exact) mass is 204 g/mol. The van der Waals surface area contributed by atoms with Crippen LogP contribution in [0.25, 0.3) is 0 Å². The summed E-state index contributed by atoms with van der Waals surface area (Å²) in [6.07, 6.45) is -2.63. The van der Waals surface area contributed by atoms with Gasteiger partial charge in [-0.25, -0.2) is 0 Å². The van der Waals surface area contributed by atoms with Gasteiger partial charge in [0.2, 0.25) is 0 Å². The highest BCUT2D eigenvalue weighted by atomic mass is 19.4. The minimum absolute atomic E-state index is 0.280. The fourth-order valence-electron chi connectivity index (χ4n) is 1.04. The van der Waals surface area contributed by atoms with Crippen molar-refractivity contribution in [2.24, 2.45) is 5.73 Å². The van der Waals surface area contributed by atoms with E-state index in [1.54, 1.807) is 6.92 Å². The van der Waals surface area contributed by atoms with Crippen molar-refractivity contribution in [1.29, 1.82) is 0 Å². The summed E-state index contributed by atoms with van der Waals surface area (Å²) >= 11 is 0. The van der Waals surface area contributed by atoms with Crippen LogP contribution in [0, 0.1) is 0 Å². The quantitative estimate of drug-likeness (QED) is 0.803. The first kappa shape index (κ1) is 11.0. The third-order valence-electron chi connectivity index (χ3n) is 1.93. The molecule has 1 aromatic heterocycles. The molecular weight excluding hydrogens is 193 g/mol. The number of aromatic nitrogens is 1. The predicted molar refractivity (Wildman–Crippen MR) is 46.5 cm³/mol. The van der Waals surface area contributed by atoms with Gasteiger partial charge in [-0.1, -0.05) is 6.92 Å². The smallest absolute Gasteiger partial charge is 0.323 e. The van der Waals surface area contributed by atoms with E-state index in [2.05, 4.69) is 4.98 Å². The van der Waals surface area contributed by atoms with Crippen molar-refractivity contribution in [3.05, 3.63) is 29.6 Å². The molecule has 5 heteroatoms.